The number of benzene rings is 1. The van der Waals surface area contributed by atoms with Crippen LogP contribution in [0.5, 0.6) is 0 Å². The van der Waals surface area contributed by atoms with Crippen LogP contribution in [0.25, 0.3) is 0 Å². The van der Waals surface area contributed by atoms with Gasteiger partial charge in [0.05, 0.1) is 16.7 Å². The quantitative estimate of drug-likeness (QED) is 0.803. The molecule has 1 N–H and O–H groups in total. The molecule has 0 aliphatic carbocycles. The molecular formula is C15H18Cl2N2S. The summed E-state index contributed by atoms with van der Waals surface area (Å²) in [5.41, 5.74) is 2.13. The molecule has 0 spiro atoms. The van der Waals surface area contributed by atoms with Crippen LogP contribution in [0.1, 0.15) is 35.7 Å². The first kappa shape index (κ1) is 15.8. The van der Waals surface area contributed by atoms with E-state index in [1.807, 2.05) is 25.1 Å². The Bertz CT molecular complexity index is 569. The number of thiazole rings is 1. The fourth-order valence-electron chi connectivity index (χ4n) is 2.06. The van der Waals surface area contributed by atoms with Gasteiger partial charge in [-0.15, -0.1) is 11.3 Å². The zero-order chi connectivity index (χ0) is 14.5. The number of halogens is 2. The smallest absolute Gasteiger partial charge is 0.0898 e. The van der Waals surface area contributed by atoms with Gasteiger partial charge in [0.1, 0.15) is 0 Å². The summed E-state index contributed by atoms with van der Waals surface area (Å²) < 4.78 is 0. The molecule has 2 nitrogen and oxygen atoms in total. The number of aryl methyl sites for hydroxylation is 1. The molecular weight excluding hydrogens is 311 g/mol. The lowest BCUT2D eigenvalue weighted by atomic mass is 10.0. The summed E-state index contributed by atoms with van der Waals surface area (Å²) in [6, 6.07) is 5.77. The minimum Gasteiger partial charge on any atom is -0.308 e. The van der Waals surface area contributed by atoms with Crippen molar-refractivity contribution in [1.29, 1.82) is 0 Å². The average molecular weight is 329 g/mol. The van der Waals surface area contributed by atoms with Crippen LogP contribution in [-0.2, 0) is 6.42 Å². The SMILES string of the molecule is CCCNC(Cc1cc(Cl)ccc1Cl)c1csc(C)n1. The van der Waals surface area contributed by atoms with E-state index in [0.29, 0.717) is 5.02 Å². The van der Waals surface area contributed by atoms with Gasteiger partial charge in [0, 0.05) is 15.4 Å². The number of rotatable bonds is 6. The summed E-state index contributed by atoms with van der Waals surface area (Å²) in [5, 5.41) is 8.20. The minimum atomic E-state index is 0.177. The molecule has 1 heterocycles. The highest BCUT2D eigenvalue weighted by Crippen LogP contribution is 2.27. The molecule has 108 valence electrons. The van der Waals surface area contributed by atoms with Crippen LogP contribution >= 0.6 is 34.5 Å². The van der Waals surface area contributed by atoms with Gasteiger partial charge in [0.15, 0.2) is 0 Å². The molecule has 0 bridgehead atoms. The lowest BCUT2D eigenvalue weighted by molar-refractivity contribution is 0.519. The Kier molecular flexibility index (Phi) is 5.85. The Morgan fingerprint density at radius 1 is 1.35 bits per heavy atom. The molecule has 0 amide bonds. The molecule has 20 heavy (non-hydrogen) atoms. The van der Waals surface area contributed by atoms with Gasteiger partial charge < -0.3 is 5.32 Å². The van der Waals surface area contributed by atoms with Crippen LogP contribution in [0.4, 0.5) is 0 Å². The monoisotopic (exact) mass is 328 g/mol. The van der Waals surface area contributed by atoms with Gasteiger partial charge in [-0.3, -0.25) is 0 Å². The van der Waals surface area contributed by atoms with Crippen molar-refractivity contribution in [3.63, 3.8) is 0 Å². The van der Waals surface area contributed by atoms with Crippen molar-refractivity contribution >= 4 is 34.5 Å². The molecule has 1 atom stereocenters. The third-order valence-electron chi connectivity index (χ3n) is 3.07. The van der Waals surface area contributed by atoms with E-state index >= 15 is 0 Å². The normalized spacial score (nSPS) is 12.6. The van der Waals surface area contributed by atoms with Crippen LogP contribution in [0.15, 0.2) is 23.6 Å². The Labute approximate surface area is 134 Å². The van der Waals surface area contributed by atoms with Crippen LogP contribution in [0.3, 0.4) is 0 Å². The van der Waals surface area contributed by atoms with Crippen molar-refractivity contribution in [2.24, 2.45) is 0 Å². The van der Waals surface area contributed by atoms with Crippen molar-refractivity contribution in [3.05, 3.63) is 49.9 Å². The Balaban J connectivity index is 2.21. The molecule has 1 aromatic heterocycles. The van der Waals surface area contributed by atoms with Gasteiger partial charge in [0.25, 0.3) is 0 Å². The van der Waals surface area contributed by atoms with Crippen molar-refractivity contribution in [3.8, 4) is 0 Å². The fourth-order valence-corrected chi connectivity index (χ4v) is 3.12. The van der Waals surface area contributed by atoms with Gasteiger partial charge in [-0.1, -0.05) is 30.1 Å². The number of nitrogens with one attached hydrogen (secondary N) is 1. The fraction of sp³-hybridized carbons (Fsp3) is 0.400. The molecule has 0 radical (unpaired) electrons. The van der Waals surface area contributed by atoms with Gasteiger partial charge in [-0.05, 0) is 50.1 Å². The second kappa shape index (κ2) is 7.41. The topological polar surface area (TPSA) is 24.9 Å². The predicted octanol–water partition coefficient (Wildman–Crippen LogP) is 5.04. The first-order valence-corrected chi connectivity index (χ1v) is 8.33. The standard InChI is InChI=1S/C15H18Cl2N2S/c1-3-6-18-14(15-9-20-10(2)19-15)8-11-7-12(16)4-5-13(11)17/h4-5,7,9,14,18H,3,6,8H2,1-2H3. The summed E-state index contributed by atoms with van der Waals surface area (Å²) in [7, 11) is 0. The Hall–Kier alpha value is -0.610. The molecule has 5 heteroatoms. The third-order valence-corrected chi connectivity index (χ3v) is 4.46. The minimum absolute atomic E-state index is 0.177. The first-order chi connectivity index (χ1) is 9.60. The number of hydrogen-bond acceptors (Lipinski definition) is 3. The van der Waals surface area contributed by atoms with Crippen LogP contribution in [0.2, 0.25) is 10.0 Å². The van der Waals surface area contributed by atoms with E-state index in [0.717, 1.165) is 40.7 Å². The number of nitrogens with zero attached hydrogens (tertiary/aromatic N) is 1. The lowest BCUT2D eigenvalue weighted by Gasteiger charge is -2.17. The maximum Gasteiger partial charge on any atom is 0.0898 e. The van der Waals surface area contributed by atoms with Crippen LogP contribution in [0, 0.1) is 6.92 Å². The van der Waals surface area contributed by atoms with E-state index in [1.54, 1.807) is 11.3 Å². The van der Waals surface area contributed by atoms with E-state index < -0.39 is 0 Å². The molecule has 0 saturated carbocycles. The maximum atomic E-state index is 6.26. The molecule has 0 saturated heterocycles. The maximum absolute atomic E-state index is 6.26. The third kappa shape index (κ3) is 4.19. The zero-order valence-corrected chi connectivity index (χ0v) is 13.9. The van der Waals surface area contributed by atoms with Crippen molar-refractivity contribution in [1.82, 2.24) is 10.3 Å². The largest absolute Gasteiger partial charge is 0.308 e. The molecule has 2 aromatic rings. The van der Waals surface area contributed by atoms with Crippen molar-refractivity contribution < 1.29 is 0 Å². The second-order valence-electron chi connectivity index (χ2n) is 4.74. The highest BCUT2D eigenvalue weighted by molar-refractivity contribution is 7.09. The lowest BCUT2D eigenvalue weighted by Crippen LogP contribution is -2.24. The Morgan fingerprint density at radius 3 is 2.80 bits per heavy atom. The summed E-state index contributed by atoms with van der Waals surface area (Å²) in [6.45, 7) is 5.14. The number of hydrogen-bond donors (Lipinski definition) is 1. The van der Waals surface area contributed by atoms with E-state index in [1.165, 1.54) is 0 Å². The summed E-state index contributed by atoms with van der Waals surface area (Å²) in [5.74, 6) is 0. The van der Waals surface area contributed by atoms with Gasteiger partial charge in [-0.2, -0.15) is 0 Å². The predicted molar refractivity (Wildman–Crippen MR) is 88.1 cm³/mol. The Morgan fingerprint density at radius 2 is 2.15 bits per heavy atom. The highest BCUT2D eigenvalue weighted by atomic mass is 35.5. The summed E-state index contributed by atoms with van der Waals surface area (Å²) >= 11 is 14.0. The van der Waals surface area contributed by atoms with Crippen LogP contribution < -0.4 is 5.32 Å². The van der Waals surface area contributed by atoms with Crippen LogP contribution in [-0.4, -0.2) is 11.5 Å². The van der Waals surface area contributed by atoms with Crippen molar-refractivity contribution in [2.75, 3.05) is 6.54 Å². The first-order valence-electron chi connectivity index (χ1n) is 6.69. The molecule has 0 aliphatic rings. The van der Waals surface area contributed by atoms with E-state index in [2.05, 4.69) is 22.6 Å². The van der Waals surface area contributed by atoms with Crippen molar-refractivity contribution in [2.45, 2.75) is 32.7 Å². The second-order valence-corrected chi connectivity index (χ2v) is 6.64. The molecule has 2 rings (SSSR count). The van der Waals surface area contributed by atoms with Gasteiger partial charge >= 0.3 is 0 Å². The van der Waals surface area contributed by atoms with E-state index in [4.69, 9.17) is 23.2 Å². The van der Waals surface area contributed by atoms with E-state index in [9.17, 15) is 0 Å². The molecule has 1 aromatic carbocycles. The highest BCUT2D eigenvalue weighted by Gasteiger charge is 2.16. The zero-order valence-electron chi connectivity index (χ0n) is 11.6. The van der Waals surface area contributed by atoms with Gasteiger partial charge in [0.2, 0.25) is 0 Å². The van der Waals surface area contributed by atoms with Gasteiger partial charge in [-0.25, -0.2) is 4.98 Å². The number of aromatic nitrogens is 1. The molecule has 1 unspecified atom stereocenters. The average Bonchev–Trinajstić information content (AvgIpc) is 2.85. The summed E-state index contributed by atoms with van der Waals surface area (Å²) in [6.07, 6.45) is 1.88. The summed E-state index contributed by atoms with van der Waals surface area (Å²) in [4.78, 5) is 4.59. The molecule has 0 aliphatic heterocycles. The molecule has 0 fully saturated rings. The van der Waals surface area contributed by atoms with E-state index in [-0.39, 0.29) is 6.04 Å².